The predicted octanol–water partition coefficient (Wildman–Crippen LogP) is 5.32. The van der Waals surface area contributed by atoms with Gasteiger partial charge in [0.2, 0.25) is 5.91 Å². The van der Waals surface area contributed by atoms with Gasteiger partial charge in [0, 0.05) is 15.1 Å². The highest BCUT2D eigenvalue weighted by Gasteiger charge is 2.60. The van der Waals surface area contributed by atoms with E-state index in [0.717, 1.165) is 20.5 Å². The quantitative estimate of drug-likeness (QED) is 0.441. The monoisotopic (exact) mass is 557 g/mol. The van der Waals surface area contributed by atoms with Crippen LogP contribution >= 0.6 is 39.1 Å². The molecule has 9 heteroatoms. The van der Waals surface area contributed by atoms with Gasteiger partial charge in [-0.05, 0) is 48.9 Å². The number of hydrogen-bond acceptors (Lipinski definition) is 4. The van der Waals surface area contributed by atoms with Crippen molar-refractivity contribution in [2.75, 3.05) is 4.90 Å². The lowest BCUT2D eigenvalue weighted by Gasteiger charge is -2.25. The summed E-state index contributed by atoms with van der Waals surface area (Å²) in [5, 5.41) is 1.85. The van der Waals surface area contributed by atoms with Crippen LogP contribution in [0.15, 0.2) is 71.2 Å². The normalized spacial score (nSPS) is 21.8. The molecular weight excluding hydrogens is 541 g/mol. The molecular formula is C25H18BrCl2N3O3. The topological polar surface area (TPSA) is 69.7 Å². The molecule has 2 aliphatic rings. The maximum absolute atomic E-state index is 13.7. The van der Waals surface area contributed by atoms with Crippen molar-refractivity contribution in [3.8, 4) is 0 Å². The van der Waals surface area contributed by atoms with Gasteiger partial charge in [-0.1, -0.05) is 75.0 Å². The predicted molar refractivity (Wildman–Crippen MR) is 134 cm³/mol. The van der Waals surface area contributed by atoms with Gasteiger partial charge in [-0.2, -0.15) is 0 Å². The molecule has 0 aromatic heterocycles. The second kappa shape index (κ2) is 8.82. The van der Waals surface area contributed by atoms with Crippen molar-refractivity contribution in [3.63, 3.8) is 0 Å². The summed E-state index contributed by atoms with van der Waals surface area (Å²) < 4.78 is 0.729. The Balaban J connectivity index is 1.60. The van der Waals surface area contributed by atoms with E-state index < -0.39 is 35.7 Å². The zero-order valence-corrected chi connectivity index (χ0v) is 20.9. The number of carbonyl (C=O) groups is 3. The van der Waals surface area contributed by atoms with Gasteiger partial charge in [0.15, 0.2) is 0 Å². The van der Waals surface area contributed by atoms with Crippen molar-refractivity contribution in [1.82, 2.24) is 10.4 Å². The van der Waals surface area contributed by atoms with Gasteiger partial charge in [0.25, 0.3) is 11.8 Å². The van der Waals surface area contributed by atoms with Gasteiger partial charge in [0.05, 0.1) is 22.7 Å². The van der Waals surface area contributed by atoms with Crippen LogP contribution < -0.4 is 10.3 Å². The van der Waals surface area contributed by atoms with Crippen molar-refractivity contribution in [3.05, 3.63) is 97.9 Å². The number of carbonyl (C=O) groups excluding carboxylic acids is 3. The van der Waals surface area contributed by atoms with Crippen LogP contribution in [0.25, 0.3) is 0 Å². The Morgan fingerprint density at radius 3 is 2.38 bits per heavy atom. The molecule has 5 rings (SSSR count). The lowest BCUT2D eigenvalue weighted by atomic mass is 9.90. The minimum Gasteiger partial charge on any atom is -0.274 e. The molecule has 3 aromatic rings. The average Bonchev–Trinajstić information content (AvgIpc) is 3.31. The fraction of sp³-hybridized carbons (Fsp3) is 0.160. The average molecular weight is 559 g/mol. The van der Waals surface area contributed by atoms with E-state index >= 15 is 0 Å². The molecule has 2 fully saturated rings. The summed E-state index contributed by atoms with van der Waals surface area (Å²) in [5.41, 5.74) is 5.64. The summed E-state index contributed by atoms with van der Waals surface area (Å²) in [7, 11) is 0. The van der Waals surface area contributed by atoms with Crippen molar-refractivity contribution in [2.45, 2.75) is 19.0 Å². The highest BCUT2D eigenvalue weighted by molar-refractivity contribution is 9.10. The van der Waals surface area contributed by atoms with Crippen LogP contribution in [0.5, 0.6) is 0 Å². The van der Waals surface area contributed by atoms with Crippen molar-refractivity contribution < 1.29 is 14.4 Å². The Morgan fingerprint density at radius 1 is 0.971 bits per heavy atom. The highest BCUT2D eigenvalue weighted by Crippen LogP contribution is 2.44. The van der Waals surface area contributed by atoms with Crippen LogP contribution in [-0.2, 0) is 9.59 Å². The second-order valence-electron chi connectivity index (χ2n) is 8.28. The minimum atomic E-state index is -1.03. The fourth-order valence-electron chi connectivity index (χ4n) is 4.49. The number of amides is 3. The zero-order chi connectivity index (χ0) is 24.1. The van der Waals surface area contributed by atoms with Gasteiger partial charge < -0.3 is 0 Å². The molecule has 1 N–H and O–H groups in total. The summed E-state index contributed by atoms with van der Waals surface area (Å²) in [6.07, 6.45) is 0. The van der Waals surface area contributed by atoms with Gasteiger partial charge in [-0.3, -0.25) is 19.4 Å². The lowest BCUT2D eigenvalue weighted by Crippen LogP contribution is -2.48. The smallest absolute Gasteiger partial charge is 0.268 e. The Bertz CT molecular complexity index is 1330. The van der Waals surface area contributed by atoms with Crippen LogP contribution in [-0.4, -0.2) is 28.8 Å². The third-order valence-corrected chi connectivity index (χ3v) is 7.14. The molecule has 34 heavy (non-hydrogen) atoms. The standard InChI is InChI=1S/C25H18BrCl2N3O3/c1-13-5-7-14(8-6-13)21-20-22(31(29-21)23(32)15-3-2-4-16(26)11-15)25(34)30(24(20)33)19-10-9-17(27)12-18(19)28/h2-12,20-22,29H,1H3/t20-,21-,22+/m0/s1. The minimum absolute atomic E-state index is 0.180. The van der Waals surface area contributed by atoms with E-state index in [4.69, 9.17) is 23.2 Å². The molecule has 3 aromatic carbocycles. The van der Waals surface area contributed by atoms with E-state index in [2.05, 4.69) is 21.4 Å². The van der Waals surface area contributed by atoms with E-state index in [-0.39, 0.29) is 10.7 Å². The lowest BCUT2D eigenvalue weighted by molar-refractivity contribution is -0.123. The third-order valence-electron chi connectivity index (χ3n) is 6.11. The molecule has 3 atom stereocenters. The third kappa shape index (κ3) is 3.82. The van der Waals surface area contributed by atoms with Gasteiger partial charge in [-0.25, -0.2) is 10.3 Å². The number of rotatable bonds is 3. The summed E-state index contributed by atoms with van der Waals surface area (Å²) in [6.45, 7) is 1.96. The molecule has 3 amide bonds. The summed E-state index contributed by atoms with van der Waals surface area (Å²) in [6, 6.07) is 17.5. The van der Waals surface area contributed by atoms with Gasteiger partial charge >= 0.3 is 0 Å². The number of benzene rings is 3. The number of hydrogen-bond donors (Lipinski definition) is 1. The van der Waals surface area contributed by atoms with E-state index in [0.29, 0.717) is 10.6 Å². The number of nitrogens with zero attached hydrogens (tertiary/aromatic N) is 2. The number of halogens is 3. The van der Waals surface area contributed by atoms with Crippen LogP contribution in [0, 0.1) is 12.8 Å². The van der Waals surface area contributed by atoms with Crippen LogP contribution in [0.4, 0.5) is 5.69 Å². The molecule has 2 saturated heterocycles. The summed E-state index contributed by atoms with van der Waals surface area (Å²) >= 11 is 15.7. The number of anilines is 1. The van der Waals surface area contributed by atoms with Crippen LogP contribution in [0.1, 0.15) is 27.5 Å². The molecule has 0 bridgehead atoms. The molecule has 0 saturated carbocycles. The molecule has 2 heterocycles. The number of imide groups is 1. The SMILES string of the molecule is Cc1ccc([C@@H]2NN(C(=O)c3cccc(Br)c3)[C@H]3C(=O)N(c4ccc(Cl)cc4Cl)C(=O)[C@@H]23)cc1. The molecule has 0 unspecified atom stereocenters. The van der Waals surface area contributed by atoms with E-state index in [1.165, 1.54) is 17.1 Å². The maximum Gasteiger partial charge on any atom is 0.268 e. The first-order valence-electron chi connectivity index (χ1n) is 10.5. The van der Waals surface area contributed by atoms with E-state index in [9.17, 15) is 14.4 Å². The fourth-order valence-corrected chi connectivity index (χ4v) is 5.38. The van der Waals surface area contributed by atoms with Crippen molar-refractivity contribution in [2.24, 2.45) is 5.92 Å². The molecule has 0 spiro atoms. The molecule has 2 aliphatic heterocycles. The Morgan fingerprint density at radius 2 is 1.71 bits per heavy atom. The molecule has 0 aliphatic carbocycles. The van der Waals surface area contributed by atoms with Crippen LogP contribution in [0.3, 0.4) is 0 Å². The van der Waals surface area contributed by atoms with E-state index in [1.54, 1.807) is 30.3 Å². The van der Waals surface area contributed by atoms with Crippen molar-refractivity contribution in [1.29, 1.82) is 0 Å². The largest absolute Gasteiger partial charge is 0.274 e. The van der Waals surface area contributed by atoms with Gasteiger partial charge in [0.1, 0.15) is 6.04 Å². The first-order valence-corrected chi connectivity index (χ1v) is 12.1. The molecule has 6 nitrogen and oxygen atoms in total. The number of hydrazine groups is 1. The van der Waals surface area contributed by atoms with Crippen LogP contribution in [0.2, 0.25) is 10.0 Å². The highest BCUT2D eigenvalue weighted by atomic mass is 79.9. The zero-order valence-electron chi connectivity index (χ0n) is 17.8. The first kappa shape index (κ1) is 23.1. The summed E-state index contributed by atoms with van der Waals surface area (Å²) in [5.74, 6) is -2.18. The Hall–Kier alpha value is -2.71. The summed E-state index contributed by atoms with van der Waals surface area (Å²) in [4.78, 5) is 41.9. The molecule has 0 radical (unpaired) electrons. The van der Waals surface area contributed by atoms with Crippen molar-refractivity contribution >= 4 is 62.5 Å². The van der Waals surface area contributed by atoms with Gasteiger partial charge in [-0.15, -0.1) is 0 Å². The Kier molecular flexibility index (Phi) is 5.98. The number of nitrogens with one attached hydrogen (secondary N) is 1. The van der Waals surface area contributed by atoms with E-state index in [1.807, 2.05) is 31.2 Å². The maximum atomic E-state index is 13.7. The number of aryl methyl sites for hydroxylation is 1. The first-order chi connectivity index (χ1) is 16.3. The second-order valence-corrected chi connectivity index (χ2v) is 10.0. The molecule has 172 valence electrons. The Labute approximate surface area is 214 Å². The number of fused-ring (bicyclic) bond motifs is 1.